The Morgan fingerprint density at radius 3 is 2.44 bits per heavy atom. The van der Waals surface area contributed by atoms with Crippen LogP contribution in [0.3, 0.4) is 0 Å². The van der Waals surface area contributed by atoms with Gasteiger partial charge in [0, 0.05) is 12.6 Å². The van der Waals surface area contributed by atoms with Crippen molar-refractivity contribution in [2.75, 3.05) is 13.2 Å². The second-order valence-corrected chi connectivity index (χ2v) is 5.75. The molecule has 2 heteroatoms. The predicted molar refractivity (Wildman–Crippen MR) is 67.3 cm³/mol. The summed E-state index contributed by atoms with van der Waals surface area (Å²) in [6.07, 6.45) is 9.40. The lowest BCUT2D eigenvalue weighted by molar-refractivity contribution is 0.188. The highest BCUT2D eigenvalue weighted by Gasteiger charge is 2.29. The molecule has 2 aliphatic rings. The average Bonchev–Trinajstić information content (AvgIpc) is 2.94. The van der Waals surface area contributed by atoms with Crippen LogP contribution in [0, 0.1) is 17.8 Å². The lowest BCUT2D eigenvalue weighted by Gasteiger charge is -2.24. The summed E-state index contributed by atoms with van der Waals surface area (Å²) in [7, 11) is 0. The molecule has 4 unspecified atom stereocenters. The third-order valence-corrected chi connectivity index (χ3v) is 4.88. The first-order valence-electron chi connectivity index (χ1n) is 7.19. The summed E-state index contributed by atoms with van der Waals surface area (Å²) in [5.74, 6) is 2.23. The number of hydrogen-bond acceptors (Lipinski definition) is 2. The zero-order chi connectivity index (χ0) is 11.4. The predicted octanol–water partition coefficient (Wildman–Crippen LogP) is 2.56. The van der Waals surface area contributed by atoms with Gasteiger partial charge in [0.05, 0.1) is 0 Å². The lowest BCUT2D eigenvalue weighted by Crippen LogP contribution is -2.37. The highest BCUT2D eigenvalue weighted by Crippen LogP contribution is 2.32. The number of hydrogen-bond donors (Lipinski definition) is 2. The monoisotopic (exact) mass is 225 g/mol. The summed E-state index contributed by atoms with van der Waals surface area (Å²) in [5, 5.41) is 13.1. The first-order chi connectivity index (χ1) is 7.85. The van der Waals surface area contributed by atoms with Gasteiger partial charge in [0.15, 0.2) is 0 Å². The molecule has 0 aromatic rings. The molecule has 2 rings (SSSR count). The van der Waals surface area contributed by atoms with Crippen LogP contribution in [0.25, 0.3) is 0 Å². The molecule has 94 valence electrons. The van der Waals surface area contributed by atoms with Gasteiger partial charge in [0.2, 0.25) is 0 Å². The van der Waals surface area contributed by atoms with E-state index in [9.17, 15) is 5.11 Å². The summed E-state index contributed by atoms with van der Waals surface area (Å²) >= 11 is 0. The van der Waals surface area contributed by atoms with Gasteiger partial charge in [-0.25, -0.2) is 0 Å². The largest absolute Gasteiger partial charge is 0.396 e. The fourth-order valence-corrected chi connectivity index (χ4v) is 3.72. The maximum Gasteiger partial charge on any atom is 0.0462 e. The zero-order valence-electron chi connectivity index (χ0n) is 10.6. The van der Waals surface area contributed by atoms with Crippen molar-refractivity contribution in [3.05, 3.63) is 0 Å². The number of aliphatic hydroxyl groups is 1. The Labute approximate surface area is 99.8 Å². The van der Waals surface area contributed by atoms with E-state index in [0.717, 1.165) is 24.4 Å². The molecule has 0 aromatic heterocycles. The van der Waals surface area contributed by atoms with E-state index in [1.807, 2.05) is 0 Å². The van der Waals surface area contributed by atoms with Crippen LogP contribution in [0.2, 0.25) is 0 Å². The molecule has 0 saturated heterocycles. The van der Waals surface area contributed by atoms with Crippen molar-refractivity contribution < 1.29 is 5.11 Å². The smallest absolute Gasteiger partial charge is 0.0462 e. The van der Waals surface area contributed by atoms with Gasteiger partial charge < -0.3 is 10.4 Å². The topological polar surface area (TPSA) is 32.3 Å². The third-order valence-electron chi connectivity index (χ3n) is 4.88. The van der Waals surface area contributed by atoms with Gasteiger partial charge in [-0.15, -0.1) is 0 Å². The fraction of sp³-hybridized carbons (Fsp3) is 1.00. The van der Waals surface area contributed by atoms with Gasteiger partial charge in [0.1, 0.15) is 0 Å². The molecule has 4 atom stereocenters. The van der Waals surface area contributed by atoms with Crippen molar-refractivity contribution in [3.63, 3.8) is 0 Å². The number of aliphatic hydroxyl groups excluding tert-OH is 1. The van der Waals surface area contributed by atoms with Crippen LogP contribution in [0.1, 0.15) is 51.9 Å². The van der Waals surface area contributed by atoms with Crippen LogP contribution in [0.15, 0.2) is 0 Å². The van der Waals surface area contributed by atoms with Crippen molar-refractivity contribution >= 4 is 0 Å². The molecule has 0 heterocycles. The van der Waals surface area contributed by atoms with Crippen LogP contribution in [-0.4, -0.2) is 24.3 Å². The Kier molecular flexibility index (Phi) is 4.66. The Morgan fingerprint density at radius 1 is 1.00 bits per heavy atom. The Morgan fingerprint density at radius 2 is 1.69 bits per heavy atom. The molecule has 0 aromatic carbocycles. The van der Waals surface area contributed by atoms with Crippen molar-refractivity contribution in [3.8, 4) is 0 Å². The van der Waals surface area contributed by atoms with Gasteiger partial charge >= 0.3 is 0 Å². The van der Waals surface area contributed by atoms with Crippen molar-refractivity contribution in [2.45, 2.75) is 57.9 Å². The van der Waals surface area contributed by atoms with E-state index in [2.05, 4.69) is 12.2 Å². The molecule has 2 nitrogen and oxygen atoms in total. The lowest BCUT2D eigenvalue weighted by atomic mass is 9.95. The highest BCUT2D eigenvalue weighted by molar-refractivity contribution is 4.85. The maximum atomic E-state index is 9.30. The quantitative estimate of drug-likeness (QED) is 0.753. The van der Waals surface area contributed by atoms with E-state index in [-0.39, 0.29) is 0 Å². The summed E-state index contributed by atoms with van der Waals surface area (Å²) in [4.78, 5) is 0. The van der Waals surface area contributed by atoms with Crippen LogP contribution in [-0.2, 0) is 0 Å². The van der Waals surface area contributed by atoms with E-state index in [1.54, 1.807) is 0 Å². The van der Waals surface area contributed by atoms with Crippen molar-refractivity contribution in [1.29, 1.82) is 0 Å². The SMILES string of the molecule is CCC1CCCC1NCC1CCCC1CO. The number of nitrogens with one attached hydrogen (secondary N) is 1. The van der Waals surface area contributed by atoms with E-state index < -0.39 is 0 Å². The minimum Gasteiger partial charge on any atom is -0.396 e. The van der Waals surface area contributed by atoms with Gasteiger partial charge in [-0.3, -0.25) is 0 Å². The van der Waals surface area contributed by atoms with Crippen LogP contribution < -0.4 is 5.32 Å². The molecule has 0 amide bonds. The minimum atomic E-state index is 0.397. The van der Waals surface area contributed by atoms with Crippen LogP contribution >= 0.6 is 0 Å². The molecule has 2 saturated carbocycles. The first-order valence-corrected chi connectivity index (χ1v) is 7.19. The second kappa shape index (κ2) is 6.02. The summed E-state index contributed by atoms with van der Waals surface area (Å²) in [6.45, 7) is 3.86. The van der Waals surface area contributed by atoms with Crippen molar-refractivity contribution in [1.82, 2.24) is 5.32 Å². The van der Waals surface area contributed by atoms with E-state index in [0.29, 0.717) is 12.5 Å². The maximum absolute atomic E-state index is 9.30. The molecule has 16 heavy (non-hydrogen) atoms. The third kappa shape index (κ3) is 2.78. The second-order valence-electron chi connectivity index (χ2n) is 5.75. The zero-order valence-corrected chi connectivity index (χ0v) is 10.6. The molecular weight excluding hydrogens is 198 g/mol. The Bertz CT molecular complexity index is 185. The fourth-order valence-electron chi connectivity index (χ4n) is 3.72. The Hall–Kier alpha value is -0.0800. The summed E-state index contributed by atoms with van der Waals surface area (Å²) in [5.41, 5.74) is 0. The normalized spacial score (nSPS) is 39.4. The standard InChI is InChI=1S/C14H27NO/c1-2-11-5-4-8-14(11)15-9-12-6-3-7-13(12)10-16/h11-16H,2-10H2,1H3. The molecule has 2 N–H and O–H groups in total. The highest BCUT2D eigenvalue weighted by atomic mass is 16.3. The van der Waals surface area contributed by atoms with E-state index in [4.69, 9.17) is 0 Å². The van der Waals surface area contributed by atoms with Gasteiger partial charge in [-0.1, -0.05) is 26.2 Å². The minimum absolute atomic E-state index is 0.397. The molecule has 0 radical (unpaired) electrons. The summed E-state index contributed by atoms with van der Waals surface area (Å²) in [6, 6.07) is 0.768. The molecule has 0 spiro atoms. The molecule has 2 aliphatic carbocycles. The van der Waals surface area contributed by atoms with E-state index in [1.165, 1.54) is 44.9 Å². The molecule has 0 aliphatic heterocycles. The summed E-state index contributed by atoms with van der Waals surface area (Å²) < 4.78 is 0. The Balaban J connectivity index is 1.74. The van der Waals surface area contributed by atoms with Gasteiger partial charge in [-0.05, 0) is 50.0 Å². The van der Waals surface area contributed by atoms with Gasteiger partial charge in [-0.2, -0.15) is 0 Å². The first kappa shape index (κ1) is 12.4. The van der Waals surface area contributed by atoms with Crippen LogP contribution in [0.5, 0.6) is 0 Å². The number of rotatable bonds is 5. The molecular formula is C14H27NO. The average molecular weight is 225 g/mol. The van der Waals surface area contributed by atoms with Crippen molar-refractivity contribution in [2.24, 2.45) is 17.8 Å². The van der Waals surface area contributed by atoms with Gasteiger partial charge in [0.25, 0.3) is 0 Å². The molecule has 2 fully saturated rings. The van der Waals surface area contributed by atoms with Crippen LogP contribution in [0.4, 0.5) is 0 Å². The van der Waals surface area contributed by atoms with E-state index >= 15 is 0 Å². The molecule has 0 bridgehead atoms.